The van der Waals surface area contributed by atoms with Crippen molar-refractivity contribution in [2.24, 2.45) is 0 Å². The number of hydrogen-bond donors (Lipinski definition) is 2. The summed E-state index contributed by atoms with van der Waals surface area (Å²) in [6.45, 7) is 1.96. The highest BCUT2D eigenvalue weighted by molar-refractivity contribution is 7.10. The summed E-state index contributed by atoms with van der Waals surface area (Å²) in [7, 11) is 3.21. The van der Waals surface area contributed by atoms with Gasteiger partial charge in [0, 0.05) is 11.9 Å². The molecular formula is C24H22N4O2S. The van der Waals surface area contributed by atoms with E-state index in [4.69, 9.17) is 10.1 Å². The first-order valence-corrected chi connectivity index (χ1v) is 10.6. The summed E-state index contributed by atoms with van der Waals surface area (Å²) in [5.41, 5.74) is 2.52. The van der Waals surface area contributed by atoms with Gasteiger partial charge in [-0.15, -0.1) is 11.3 Å². The first kappa shape index (κ1) is 20.6. The third-order valence-corrected chi connectivity index (χ3v) is 6.90. The Bertz CT molecular complexity index is 1210. The molecule has 3 aromatic rings. The lowest BCUT2D eigenvalue weighted by molar-refractivity contribution is -0.131. The number of benzene rings is 2. The summed E-state index contributed by atoms with van der Waals surface area (Å²) in [6.07, 6.45) is 0. The van der Waals surface area contributed by atoms with Gasteiger partial charge < -0.3 is 10.1 Å². The van der Waals surface area contributed by atoms with Crippen molar-refractivity contribution < 1.29 is 9.53 Å². The number of rotatable bonds is 4. The Morgan fingerprint density at radius 1 is 1.19 bits per heavy atom. The molecule has 0 spiro atoms. The number of carbonyl (C=O) groups is 1. The van der Waals surface area contributed by atoms with Gasteiger partial charge in [0.25, 0.3) is 0 Å². The Balaban J connectivity index is 1.82. The Kier molecular flexibility index (Phi) is 5.25. The maximum absolute atomic E-state index is 13.4. The van der Waals surface area contributed by atoms with Crippen molar-refractivity contribution in [3.8, 4) is 22.9 Å². The minimum Gasteiger partial charge on any atom is -0.497 e. The monoisotopic (exact) mass is 430 g/mol. The van der Waals surface area contributed by atoms with E-state index >= 15 is 0 Å². The second-order valence-corrected chi connectivity index (χ2v) is 8.59. The van der Waals surface area contributed by atoms with Gasteiger partial charge in [-0.25, -0.2) is 0 Å². The third-order valence-electron chi connectivity index (χ3n) is 5.73. The van der Waals surface area contributed by atoms with Crippen LogP contribution < -0.4 is 10.1 Å². The molecule has 156 valence electrons. The third kappa shape index (κ3) is 3.56. The molecule has 7 heteroatoms. The van der Waals surface area contributed by atoms with Crippen LogP contribution in [0.2, 0.25) is 0 Å². The number of thiophene rings is 1. The van der Waals surface area contributed by atoms with Crippen molar-refractivity contribution in [2.75, 3.05) is 14.2 Å². The SMILES string of the molecule is COc1cccc([C@@H]2C(=O)N(C)C(=N)N[C@]2(C)c2cc(-c3cccc(C#N)c3)cs2)c1. The number of nitriles is 1. The smallest absolute Gasteiger partial charge is 0.239 e. The summed E-state index contributed by atoms with van der Waals surface area (Å²) >= 11 is 1.53. The number of ether oxygens (including phenoxy) is 1. The maximum Gasteiger partial charge on any atom is 0.239 e. The number of methoxy groups -OCH3 is 1. The van der Waals surface area contributed by atoms with Gasteiger partial charge in [-0.3, -0.25) is 15.1 Å². The van der Waals surface area contributed by atoms with Crippen molar-refractivity contribution in [1.82, 2.24) is 10.2 Å². The summed E-state index contributed by atoms with van der Waals surface area (Å²) in [4.78, 5) is 15.6. The minimum absolute atomic E-state index is 0.0630. The van der Waals surface area contributed by atoms with Crippen LogP contribution in [0.3, 0.4) is 0 Å². The summed E-state index contributed by atoms with van der Waals surface area (Å²) < 4.78 is 5.38. The molecule has 2 N–H and O–H groups in total. The lowest BCUT2D eigenvalue weighted by Gasteiger charge is -2.45. The van der Waals surface area contributed by atoms with E-state index in [9.17, 15) is 10.1 Å². The molecule has 2 heterocycles. The zero-order valence-electron chi connectivity index (χ0n) is 17.5. The van der Waals surface area contributed by atoms with Crippen molar-refractivity contribution >= 4 is 23.2 Å². The number of likely N-dealkylation sites (N-methyl/N-ethyl adjacent to an activating group) is 1. The second kappa shape index (κ2) is 7.89. The van der Waals surface area contributed by atoms with Crippen LogP contribution >= 0.6 is 11.3 Å². The van der Waals surface area contributed by atoms with Crippen LogP contribution in [0.15, 0.2) is 60.0 Å². The number of hydrogen-bond acceptors (Lipinski definition) is 5. The number of nitrogens with one attached hydrogen (secondary N) is 2. The molecule has 2 aromatic carbocycles. The fraction of sp³-hybridized carbons (Fsp3) is 0.208. The van der Waals surface area contributed by atoms with Gasteiger partial charge in [-0.05, 0) is 59.3 Å². The molecule has 6 nitrogen and oxygen atoms in total. The van der Waals surface area contributed by atoms with E-state index in [2.05, 4.69) is 11.4 Å². The number of nitrogens with zero attached hydrogens (tertiary/aromatic N) is 2. The molecule has 31 heavy (non-hydrogen) atoms. The molecule has 1 aromatic heterocycles. The largest absolute Gasteiger partial charge is 0.497 e. The number of carbonyl (C=O) groups excluding carboxylic acids is 1. The van der Waals surface area contributed by atoms with Crippen LogP contribution in [-0.2, 0) is 10.3 Å². The molecule has 1 saturated heterocycles. The zero-order chi connectivity index (χ0) is 22.2. The zero-order valence-corrected chi connectivity index (χ0v) is 18.3. The first-order chi connectivity index (χ1) is 14.9. The summed E-state index contributed by atoms with van der Waals surface area (Å²) in [6, 6.07) is 19.2. The second-order valence-electron chi connectivity index (χ2n) is 7.68. The molecule has 2 atom stereocenters. The Hall–Kier alpha value is -3.63. The molecule has 1 aliphatic rings. The van der Waals surface area contributed by atoms with E-state index in [1.807, 2.05) is 60.8 Å². The van der Waals surface area contributed by atoms with E-state index < -0.39 is 11.5 Å². The molecular weight excluding hydrogens is 408 g/mol. The molecule has 0 aliphatic carbocycles. The normalized spacial score (nSPS) is 20.8. The van der Waals surface area contributed by atoms with Crippen LogP contribution in [0.4, 0.5) is 0 Å². The predicted molar refractivity (Wildman–Crippen MR) is 121 cm³/mol. The molecule has 1 amide bonds. The minimum atomic E-state index is -0.817. The number of amides is 1. The van der Waals surface area contributed by atoms with Crippen molar-refractivity contribution in [3.63, 3.8) is 0 Å². The van der Waals surface area contributed by atoms with Crippen molar-refractivity contribution in [3.05, 3.63) is 76.0 Å². The van der Waals surface area contributed by atoms with Crippen molar-refractivity contribution in [1.29, 1.82) is 10.7 Å². The maximum atomic E-state index is 13.4. The van der Waals surface area contributed by atoms with Gasteiger partial charge in [-0.2, -0.15) is 5.26 Å². The quantitative estimate of drug-likeness (QED) is 0.646. The Morgan fingerprint density at radius 3 is 2.71 bits per heavy atom. The molecule has 1 fully saturated rings. The molecule has 0 unspecified atom stereocenters. The molecule has 0 radical (unpaired) electrons. The van der Waals surface area contributed by atoms with Crippen LogP contribution in [-0.4, -0.2) is 30.9 Å². The van der Waals surface area contributed by atoms with Crippen LogP contribution in [0.1, 0.15) is 28.8 Å². The van der Waals surface area contributed by atoms with Gasteiger partial charge >= 0.3 is 0 Å². The molecule has 0 bridgehead atoms. The van der Waals surface area contributed by atoms with Crippen LogP contribution in [0.5, 0.6) is 5.75 Å². The van der Waals surface area contributed by atoms with E-state index in [-0.39, 0.29) is 11.9 Å². The van der Waals surface area contributed by atoms with Gasteiger partial charge in [0.05, 0.1) is 30.2 Å². The van der Waals surface area contributed by atoms with Crippen molar-refractivity contribution in [2.45, 2.75) is 18.4 Å². The highest BCUT2D eigenvalue weighted by atomic mass is 32.1. The first-order valence-electron chi connectivity index (χ1n) is 9.75. The van der Waals surface area contributed by atoms with E-state index in [1.54, 1.807) is 20.2 Å². The Labute approximate surface area is 185 Å². The standard InChI is InChI=1S/C24H22N4O2S/c1-24(20-12-18(14-31-20)16-7-4-6-15(10-16)13-25)21(22(29)28(2)23(26)27-24)17-8-5-9-19(11-17)30-3/h4-12,14,21H,1-3H3,(H2,26,27)/t21-,24-/m1/s1. The van der Waals surface area contributed by atoms with E-state index in [1.165, 1.54) is 16.2 Å². The molecule has 0 saturated carbocycles. The lowest BCUT2D eigenvalue weighted by Crippen LogP contribution is -2.62. The summed E-state index contributed by atoms with van der Waals surface area (Å²) in [5.74, 6) is 0.0452. The lowest BCUT2D eigenvalue weighted by atomic mass is 9.76. The van der Waals surface area contributed by atoms with Gasteiger partial charge in [0.15, 0.2) is 5.96 Å². The van der Waals surface area contributed by atoms with Gasteiger partial charge in [0.1, 0.15) is 5.75 Å². The predicted octanol–water partition coefficient (Wildman–Crippen LogP) is 4.29. The average molecular weight is 431 g/mol. The summed E-state index contributed by atoms with van der Waals surface area (Å²) in [5, 5.41) is 22.8. The van der Waals surface area contributed by atoms with Crippen LogP contribution in [0.25, 0.3) is 11.1 Å². The Morgan fingerprint density at radius 2 is 1.97 bits per heavy atom. The average Bonchev–Trinajstić information content (AvgIpc) is 3.29. The topological polar surface area (TPSA) is 89.2 Å². The van der Waals surface area contributed by atoms with Gasteiger partial charge in [-0.1, -0.05) is 24.3 Å². The van der Waals surface area contributed by atoms with E-state index in [0.717, 1.165) is 21.6 Å². The fourth-order valence-corrected chi connectivity index (χ4v) is 5.05. The highest BCUT2D eigenvalue weighted by Gasteiger charge is 2.49. The molecule has 1 aliphatic heterocycles. The van der Waals surface area contributed by atoms with Gasteiger partial charge in [0.2, 0.25) is 5.91 Å². The highest BCUT2D eigenvalue weighted by Crippen LogP contribution is 2.44. The molecule has 4 rings (SSSR count). The van der Waals surface area contributed by atoms with E-state index in [0.29, 0.717) is 11.3 Å². The fourth-order valence-electron chi connectivity index (χ4n) is 3.98. The van der Waals surface area contributed by atoms with Crippen LogP contribution in [0, 0.1) is 16.7 Å². The number of guanidine groups is 1.